The highest BCUT2D eigenvalue weighted by Crippen LogP contribution is 2.16. The Morgan fingerprint density at radius 3 is 2.77 bits per heavy atom. The Bertz CT molecular complexity index is 753. The van der Waals surface area contributed by atoms with Gasteiger partial charge in [0.1, 0.15) is 0 Å². The summed E-state index contributed by atoms with van der Waals surface area (Å²) in [7, 11) is 0. The average molecular weight is 327 g/mol. The van der Waals surface area contributed by atoms with Crippen molar-refractivity contribution in [3.8, 4) is 0 Å². The molecule has 0 radical (unpaired) electrons. The van der Waals surface area contributed by atoms with Crippen molar-refractivity contribution in [3.63, 3.8) is 0 Å². The van der Waals surface area contributed by atoms with Gasteiger partial charge in [0.2, 0.25) is 0 Å². The summed E-state index contributed by atoms with van der Waals surface area (Å²) in [6.07, 6.45) is 0. The van der Waals surface area contributed by atoms with Gasteiger partial charge in [0.25, 0.3) is 5.91 Å². The molecule has 0 saturated carbocycles. The fourth-order valence-electron chi connectivity index (χ4n) is 2.23. The molecule has 0 spiro atoms. The van der Waals surface area contributed by atoms with Gasteiger partial charge in [-0.2, -0.15) is 23.1 Å². The lowest BCUT2D eigenvalue weighted by molar-refractivity contribution is 0.0956. The first-order valence-corrected chi connectivity index (χ1v) is 9.28. The second kappa shape index (κ2) is 7.47. The molecule has 3 aromatic rings. The largest absolute Gasteiger partial charge is 0.351 e. The van der Waals surface area contributed by atoms with Gasteiger partial charge < -0.3 is 5.32 Å². The number of thioether (sulfide) groups is 1. The molecule has 1 amide bonds. The van der Waals surface area contributed by atoms with E-state index in [2.05, 4.69) is 28.2 Å². The number of hydrogen-bond acceptors (Lipinski definition) is 3. The molecule has 1 heterocycles. The number of thiophene rings is 1. The number of fused-ring (bicyclic) bond motifs is 1. The van der Waals surface area contributed by atoms with Crippen LogP contribution in [0.4, 0.5) is 0 Å². The van der Waals surface area contributed by atoms with E-state index in [0.717, 1.165) is 27.8 Å². The molecule has 0 atom stereocenters. The molecule has 0 bridgehead atoms. The van der Waals surface area contributed by atoms with Gasteiger partial charge in [-0.1, -0.05) is 30.3 Å². The van der Waals surface area contributed by atoms with E-state index in [1.807, 2.05) is 48.2 Å². The van der Waals surface area contributed by atoms with Gasteiger partial charge >= 0.3 is 0 Å². The van der Waals surface area contributed by atoms with Crippen LogP contribution < -0.4 is 5.32 Å². The van der Waals surface area contributed by atoms with Crippen molar-refractivity contribution in [1.82, 2.24) is 5.32 Å². The number of rotatable bonds is 6. The Kier molecular flexibility index (Phi) is 5.14. The van der Waals surface area contributed by atoms with Gasteiger partial charge in [-0.25, -0.2) is 0 Å². The van der Waals surface area contributed by atoms with Crippen molar-refractivity contribution < 1.29 is 4.79 Å². The second-order valence-electron chi connectivity index (χ2n) is 5.00. The third-order valence-electron chi connectivity index (χ3n) is 3.39. The Hall–Kier alpha value is -1.78. The highest BCUT2D eigenvalue weighted by Gasteiger charge is 2.05. The van der Waals surface area contributed by atoms with Crippen LogP contribution in [-0.4, -0.2) is 18.2 Å². The first-order valence-electron chi connectivity index (χ1n) is 7.19. The Balaban J connectivity index is 1.48. The molecule has 0 aliphatic rings. The van der Waals surface area contributed by atoms with Crippen LogP contribution in [0.5, 0.6) is 0 Å². The van der Waals surface area contributed by atoms with E-state index in [9.17, 15) is 4.79 Å². The number of amides is 1. The monoisotopic (exact) mass is 327 g/mol. The first-order chi connectivity index (χ1) is 10.8. The molecular weight excluding hydrogens is 310 g/mol. The highest BCUT2D eigenvalue weighted by molar-refractivity contribution is 7.98. The van der Waals surface area contributed by atoms with Crippen LogP contribution in [0.3, 0.4) is 0 Å². The SMILES string of the molecule is O=C(NCCSCc1ccsc1)c1ccc2ccccc2c1. The van der Waals surface area contributed by atoms with Crippen molar-refractivity contribution in [2.45, 2.75) is 5.75 Å². The maximum absolute atomic E-state index is 12.2. The molecule has 0 aliphatic heterocycles. The van der Waals surface area contributed by atoms with E-state index in [-0.39, 0.29) is 5.91 Å². The number of hydrogen-bond donors (Lipinski definition) is 1. The first kappa shape index (κ1) is 15.1. The molecule has 0 unspecified atom stereocenters. The van der Waals surface area contributed by atoms with Crippen LogP contribution in [0.25, 0.3) is 10.8 Å². The van der Waals surface area contributed by atoms with Gasteiger partial charge in [-0.3, -0.25) is 4.79 Å². The number of nitrogens with one attached hydrogen (secondary N) is 1. The van der Waals surface area contributed by atoms with Crippen molar-refractivity contribution in [2.75, 3.05) is 12.3 Å². The molecule has 22 heavy (non-hydrogen) atoms. The Morgan fingerprint density at radius 1 is 1.09 bits per heavy atom. The minimum atomic E-state index is 0.00175. The zero-order chi connectivity index (χ0) is 15.2. The van der Waals surface area contributed by atoms with E-state index in [1.165, 1.54) is 5.56 Å². The zero-order valence-electron chi connectivity index (χ0n) is 12.1. The summed E-state index contributed by atoms with van der Waals surface area (Å²) in [5.41, 5.74) is 2.08. The lowest BCUT2D eigenvalue weighted by atomic mass is 10.1. The molecular formula is C18H17NOS2. The summed E-state index contributed by atoms with van der Waals surface area (Å²) in [4.78, 5) is 12.2. The van der Waals surface area contributed by atoms with Gasteiger partial charge in [-0.05, 0) is 45.3 Å². The normalized spacial score (nSPS) is 10.7. The predicted octanol–water partition coefficient (Wildman–Crippen LogP) is 4.56. The van der Waals surface area contributed by atoms with Crippen molar-refractivity contribution in [1.29, 1.82) is 0 Å². The molecule has 0 aliphatic carbocycles. The van der Waals surface area contributed by atoms with Crippen LogP contribution in [0.1, 0.15) is 15.9 Å². The molecule has 1 aromatic heterocycles. The van der Waals surface area contributed by atoms with Gasteiger partial charge in [0, 0.05) is 23.6 Å². The minimum Gasteiger partial charge on any atom is -0.351 e. The molecule has 0 saturated heterocycles. The predicted molar refractivity (Wildman–Crippen MR) is 96.8 cm³/mol. The average Bonchev–Trinajstić information content (AvgIpc) is 3.07. The van der Waals surface area contributed by atoms with Crippen LogP contribution in [0.15, 0.2) is 59.3 Å². The fourth-order valence-corrected chi connectivity index (χ4v) is 3.81. The molecule has 2 aromatic carbocycles. The lowest BCUT2D eigenvalue weighted by Crippen LogP contribution is -2.25. The van der Waals surface area contributed by atoms with Crippen molar-refractivity contribution >= 4 is 39.8 Å². The van der Waals surface area contributed by atoms with E-state index < -0.39 is 0 Å². The quantitative estimate of drug-likeness (QED) is 0.672. The topological polar surface area (TPSA) is 29.1 Å². The lowest BCUT2D eigenvalue weighted by Gasteiger charge is -2.06. The number of carbonyl (C=O) groups is 1. The van der Waals surface area contributed by atoms with Gasteiger partial charge in [0.15, 0.2) is 0 Å². The molecule has 1 N–H and O–H groups in total. The van der Waals surface area contributed by atoms with E-state index in [1.54, 1.807) is 11.3 Å². The van der Waals surface area contributed by atoms with Crippen LogP contribution in [0.2, 0.25) is 0 Å². The van der Waals surface area contributed by atoms with Crippen molar-refractivity contribution in [3.05, 3.63) is 70.4 Å². The minimum absolute atomic E-state index is 0.00175. The zero-order valence-corrected chi connectivity index (χ0v) is 13.8. The third kappa shape index (κ3) is 3.90. The highest BCUT2D eigenvalue weighted by atomic mass is 32.2. The third-order valence-corrected chi connectivity index (χ3v) is 5.15. The Morgan fingerprint density at radius 2 is 1.95 bits per heavy atom. The second-order valence-corrected chi connectivity index (χ2v) is 6.89. The number of benzene rings is 2. The molecule has 0 fully saturated rings. The summed E-state index contributed by atoms with van der Waals surface area (Å²) in [5.74, 6) is 1.94. The van der Waals surface area contributed by atoms with Crippen LogP contribution >= 0.6 is 23.1 Å². The summed E-state index contributed by atoms with van der Waals surface area (Å²) in [6.45, 7) is 0.695. The van der Waals surface area contributed by atoms with Crippen LogP contribution in [-0.2, 0) is 5.75 Å². The molecule has 112 valence electrons. The van der Waals surface area contributed by atoms with Crippen molar-refractivity contribution in [2.24, 2.45) is 0 Å². The molecule has 3 rings (SSSR count). The summed E-state index contributed by atoms with van der Waals surface area (Å²) < 4.78 is 0. The maximum atomic E-state index is 12.2. The van der Waals surface area contributed by atoms with Gasteiger partial charge in [0.05, 0.1) is 0 Å². The maximum Gasteiger partial charge on any atom is 0.251 e. The van der Waals surface area contributed by atoms with E-state index in [0.29, 0.717) is 6.54 Å². The summed E-state index contributed by atoms with van der Waals surface area (Å²) >= 11 is 3.57. The van der Waals surface area contributed by atoms with E-state index >= 15 is 0 Å². The molecule has 2 nitrogen and oxygen atoms in total. The summed E-state index contributed by atoms with van der Waals surface area (Å²) in [5, 5.41) is 9.51. The molecule has 4 heteroatoms. The van der Waals surface area contributed by atoms with Gasteiger partial charge in [-0.15, -0.1) is 0 Å². The Labute approximate surface area is 138 Å². The van der Waals surface area contributed by atoms with E-state index in [4.69, 9.17) is 0 Å². The standard InChI is InChI=1S/C18H17NOS2/c20-18(19-8-10-22-13-14-7-9-21-12-14)17-6-5-15-3-1-2-4-16(15)11-17/h1-7,9,11-12H,8,10,13H2,(H,19,20). The smallest absolute Gasteiger partial charge is 0.251 e. The fraction of sp³-hybridized carbons (Fsp3) is 0.167. The summed E-state index contributed by atoms with van der Waals surface area (Å²) in [6, 6.07) is 16.1. The number of carbonyl (C=O) groups excluding carboxylic acids is 1. The van der Waals surface area contributed by atoms with Crippen LogP contribution in [0, 0.1) is 0 Å².